The first-order chi connectivity index (χ1) is 12.1. The number of aromatic nitrogens is 1. The number of H-pyrrole nitrogens is 1. The minimum Gasteiger partial charge on any atom is -0.351 e. The first-order valence-electron chi connectivity index (χ1n) is 9.29. The van der Waals surface area contributed by atoms with Gasteiger partial charge in [0.2, 0.25) is 5.91 Å². The molecule has 2 fully saturated rings. The topological polar surface area (TPSA) is 56.4 Å². The molecule has 1 saturated heterocycles. The smallest absolute Gasteiger partial charge is 0.270 e. The molecular formula is C20H25N3O2. The van der Waals surface area contributed by atoms with Gasteiger partial charge in [0.05, 0.1) is 0 Å². The maximum atomic E-state index is 12.8. The van der Waals surface area contributed by atoms with Gasteiger partial charge in [-0.3, -0.25) is 9.59 Å². The number of fused-ring (bicyclic) bond motifs is 1. The molecule has 1 saturated carbocycles. The summed E-state index contributed by atoms with van der Waals surface area (Å²) in [5.74, 6) is 0.548. The predicted molar refractivity (Wildman–Crippen MR) is 97.5 cm³/mol. The number of aryl methyl sites for hydroxylation is 1. The Labute approximate surface area is 148 Å². The van der Waals surface area contributed by atoms with E-state index in [9.17, 15) is 9.59 Å². The van der Waals surface area contributed by atoms with Crippen LogP contribution in [0.25, 0.3) is 10.9 Å². The Bertz CT molecular complexity index is 796. The summed E-state index contributed by atoms with van der Waals surface area (Å²) in [6, 6.07) is 8.07. The fourth-order valence-corrected chi connectivity index (χ4v) is 4.09. The highest BCUT2D eigenvalue weighted by atomic mass is 16.2. The first kappa shape index (κ1) is 16.2. The number of carbonyl (C=O) groups excluding carboxylic acids is 2. The molecule has 1 aromatic heterocycles. The van der Waals surface area contributed by atoms with E-state index in [4.69, 9.17) is 0 Å². The number of rotatable bonds is 2. The van der Waals surface area contributed by atoms with Crippen LogP contribution in [0.1, 0.15) is 41.7 Å². The average molecular weight is 339 g/mol. The lowest BCUT2D eigenvalue weighted by atomic mass is 10.1. The highest BCUT2D eigenvalue weighted by Crippen LogP contribution is 2.27. The van der Waals surface area contributed by atoms with E-state index in [1.807, 2.05) is 28.9 Å². The molecule has 0 unspecified atom stereocenters. The summed E-state index contributed by atoms with van der Waals surface area (Å²) >= 11 is 0. The summed E-state index contributed by atoms with van der Waals surface area (Å²) in [6.07, 6.45) is 4.42. The van der Waals surface area contributed by atoms with Crippen molar-refractivity contribution in [3.05, 3.63) is 35.5 Å². The number of hydrogen-bond acceptors (Lipinski definition) is 2. The first-order valence-corrected chi connectivity index (χ1v) is 9.29. The van der Waals surface area contributed by atoms with Gasteiger partial charge in [-0.25, -0.2) is 0 Å². The summed E-state index contributed by atoms with van der Waals surface area (Å²) in [7, 11) is 0. The maximum Gasteiger partial charge on any atom is 0.270 e. The Morgan fingerprint density at radius 1 is 1.00 bits per heavy atom. The molecule has 0 radical (unpaired) electrons. The summed E-state index contributed by atoms with van der Waals surface area (Å²) in [6.45, 7) is 4.58. The molecule has 5 nitrogen and oxygen atoms in total. The van der Waals surface area contributed by atoms with Gasteiger partial charge in [0.1, 0.15) is 5.69 Å². The molecule has 2 aliphatic rings. The zero-order valence-corrected chi connectivity index (χ0v) is 14.8. The zero-order chi connectivity index (χ0) is 17.4. The molecule has 1 aliphatic heterocycles. The van der Waals surface area contributed by atoms with Crippen LogP contribution in [-0.2, 0) is 4.79 Å². The third-order valence-electron chi connectivity index (χ3n) is 5.59. The Morgan fingerprint density at radius 3 is 2.40 bits per heavy atom. The molecule has 1 aromatic carbocycles. The van der Waals surface area contributed by atoms with Crippen LogP contribution in [0.4, 0.5) is 0 Å². The largest absolute Gasteiger partial charge is 0.351 e. The fourth-order valence-electron chi connectivity index (χ4n) is 4.09. The highest BCUT2D eigenvalue weighted by molar-refractivity contribution is 5.98. The Balaban J connectivity index is 1.41. The second-order valence-corrected chi connectivity index (χ2v) is 7.37. The molecule has 0 atom stereocenters. The van der Waals surface area contributed by atoms with Gasteiger partial charge >= 0.3 is 0 Å². The number of benzene rings is 1. The number of piperazine rings is 1. The van der Waals surface area contributed by atoms with Crippen molar-refractivity contribution in [2.75, 3.05) is 26.2 Å². The molecule has 132 valence electrons. The van der Waals surface area contributed by atoms with E-state index >= 15 is 0 Å². The third kappa shape index (κ3) is 3.15. The van der Waals surface area contributed by atoms with Crippen LogP contribution in [0.3, 0.4) is 0 Å². The summed E-state index contributed by atoms with van der Waals surface area (Å²) < 4.78 is 0. The molecule has 2 aromatic rings. The van der Waals surface area contributed by atoms with Crippen molar-refractivity contribution in [3.8, 4) is 0 Å². The van der Waals surface area contributed by atoms with Crippen LogP contribution >= 0.6 is 0 Å². The molecule has 1 N–H and O–H groups in total. The monoisotopic (exact) mass is 339 g/mol. The van der Waals surface area contributed by atoms with Gasteiger partial charge in [-0.2, -0.15) is 0 Å². The molecule has 5 heteroatoms. The van der Waals surface area contributed by atoms with Gasteiger partial charge in [0, 0.05) is 43.0 Å². The van der Waals surface area contributed by atoms with E-state index in [-0.39, 0.29) is 11.8 Å². The van der Waals surface area contributed by atoms with Crippen molar-refractivity contribution >= 4 is 22.7 Å². The van der Waals surface area contributed by atoms with Crippen molar-refractivity contribution < 1.29 is 9.59 Å². The third-order valence-corrected chi connectivity index (χ3v) is 5.59. The van der Waals surface area contributed by atoms with Crippen LogP contribution in [0.15, 0.2) is 24.3 Å². The van der Waals surface area contributed by atoms with E-state index in [0.29, 0.717) is 37.8 Å². The zero-order valence-electron chi connectivity index (χ0n) is 14.8. The Kier molecular flexibility index (Phi) is 4.24. The van der Waals surface area contributed by atoms with Gasteiger partial charge in [-0.1, -0.05) is 25.0 Å². The Hall–Kier alpha value is -2.30. The molecular weight excluding hydrogens is 314 g/mol. The lowest BCUT2D eigenvalue weighted by Crippen LogP contribution is -2.51. The molecule has 2 amide bonds. The number of aromatic amines is 1. The second-order valence-electron chi connectivity index (χ2n) is 7.37. The summed E-state index contributed by atoms with van der Waals surface area (Å²) in [5, 5.41) is 1.06. The highest BCUT2D eigenvalue weighted by Gasteiger charge is 2.31. The van der Waals surface area contributed by atoms with E-state index in [1.54, 1.807) is 0 Å². The van der Waals surface area contributed by atoms with Crippen molar-refractivity contribution in [1.82, 2.24) is 14.8 Å². The molecule has 2 heterocycles. The van der Waals surface area contributed by atoms with E-state index in [1.165, 1.54) is 18.4 Å². The van der Waals surface area contributed by atoms with Gasteiger partial charge in [-0.15, -0.1) is 0 Å². The molecule has 4 rings (SSSR count). The molecule has 1 aliphatic carbocycles. The maximum absolute atomic E-state index is 12.8. The quantitative estimate of drug-likeness (QED) is 0.914. The average Bonchev–Trinajstić information content (AvgIpc) is 3.30. The number of hydrogen-bond donors (Lipinski definition) is 1. The Morgan fingerprint density at radius 2 is 1.68 bits per heavy atom. The number of amides is 2. The number of nitrogens with zero attached hydrogens (tertiary/aromatic N) is 2. The van der Waals surface area contributed by atoms with Crippen LogP contribution in [0.2, 0.25) is 0 Å². The van der Waals surface area contributed by atoms with E-state index < -0.39 is 0 Å². The molecule has 25 heavy (non-hydrogen) atoms. The predicted octanol–water partition coefficient (Wildman–Crippen LogP) is 2.95. The summed E-state index contributed by atoms with van der Waals surface area (Å²) in [5.41, 5.74) is 2.81. The van der Waals surface area contributed by atoms with Crippen LogP contribution in [0, 0.1) is 12.8 Å². The SMILES string of the molecule is Cc1ccc2cc(C(=O)N3CCN(C(=O)C4CCCC4)CC3)[nH]c2c1. The fraction of sp³-hybridized carbons (Fsp3) is 0.500. The standard InChI is InChI=1S/C20H25N3O2/c1-14-6-7-16-13-18(21-17(16)12-14)20(25)23-10-8-22(9-11-23)19(24)15-4-2-3-5-15/h6-7,12-13,15,21H,2-5,8-11H2,1H3. The van der Waals surface area contributed by atoms with Crippen molar-refractivity contribution in [2.45, 2.75) is 32.6 Å². The van der Waals surface area contributed by atoms with E-state index in [2.05, 4.69) is 17.1 Å². The normalized spacial score (nSPS) is 18.9. The van der Waals surface area contributed by atoms with Gasteiger partial charge in [0.15, 0.2) is 0 Å². The second kappa shape index (κ2) is 6.54. The van der Waals surface area contributed by atoms with Crippen molar-refractivity contribution in [3.63, 3.8) is 0 Å². The van der Waals surface area contributed by atoms with Crippen LogP contribution in [-0.4, -0.2) is 52.8 Å². The van der Waals surface area contributed by atoms with Gasteiger partial charge in [0.25, 0.3) is 5.91 Å². The van der Waals surface area contributed by atoms with E-state index in [0.717, 1.165) is 23.7 Å². The van der Waals surface area contributed by atoms with Crippen molar-refractivity contribution in [1.29, 1.82) is 0 Å². The lowest BCUT2D eigenvalue weighted by molar-refractivity contribution is -0.136. The lowest BCUT2D eigenvalue weighted by Gasteiger charge is -2.35. The summed E-state index contributed by atoms with van der Waals surface area (Å²) in [4.78, 5) is 32.3. The van der Waals surface area contributed by atoms with Gasteiger partial charge in [-0.05, 0) is 37.5 Å². The minimum absolute atomic E-state index is 0.0295. The number of nitrogens with one attached hydrogen (secondary N) is 1. The molecule has 0 bridgehead atoms. The van der Waals surface area contributed by atoms with Crippen molar-refractivity contribution in [2.24, 2.45) is 5.92 Å². The number of carbonyl (C=O) groups is 2. The molecule has 0 spiro atoms. The van der Waals surface area contributed by atoms with Crippen LogP contribution < -0.4 is 0 Å². The minimum atomic E-state index is 0.0295. The van der Waals surface area contributed by atoms with Crippen LogP contribution in [0.5, 0.6) is 0 Å². The van der Waals surface area contributed by atoms with Gasteiger partial charge < -0.3 is 14.8 Å².